The third kappa shape index (κ3) is 15.3. The average Bonchev–Trinajstić information content (AvgIpc) is 2.41. The fraction of sp³-hybridized carbons (Fsp3) is 0.933. The third-order valence-corrected chi connectivity index (χ3v) is 2.86. The predicted octanol–water partition coefficient (Wildman–Crippen LogP) is 3.33. The smallest absolute Gasteiger partial charge is 0.305 e. The van der Waals surface area contributed by atoms with Crippen LogP contribution in [-0.2, 0) is 19.0 Å². The Kier molecular flexibility index (Phi) is 15.0. The monoisotopic (exact) mass is 274 g/mol. The summed E-state index contributed by atoms with van der Waals surface area (Å²) in [5.41, 5.74) is 0. The zero-order valence-electron chi connectivity index (χ0n) is 12.6. The summed E-state index contributed by atoms with van der Waals surface area (Å²) < 4.78 is 15.3. The van der Waals surface area contributed by atoms with Gasteiger partial charge in [0, 0.05) is 20.1 Å². The van der Waals surface area contributed by atoms with E-state index in [0.29, 0.717) is 32.8 Å². The van der Waals surface area contributed by atoms with Gasteiger partial charge in [-0.1, -0.05) is 39.0 Å². The van der Waals surface area contributed by atoms with Crippen LogP contribution in [0.1, 0.15) is 58.3 Å². The van der Waals surface area contributed by atoms with E-state index in [2.05, 4.69) is 6.92 Å². The van der Waals surface area contributed by atoms with Crippen molar-refractivity contribution in [2.24, 2.45) is 0 Å². The van der Waals surface area contributed by atoms with Gasteiger partial charge in [0.2, 0.25) is 0 Å². The first-order valence-electron chi connectivity index (χ1n) is 7.53. The van der Waals surface area contributed by atoms with Gasteiger partial charge in [0.25, 0.3) is 0 Å². The van der Waals surface area contributed by atoms with Crippen molar-refractivity contribution < 1.29 is 19.0 Å². The predicted molar refractivity (Wildman–Crippen MR) is 76.3 cm³/mol. The van der Waals surface area contributed by atoms with Gasteiger partial charge in [0.15, 0.2) is 0 Å². The molecule has 0 aromatic heterocycles. The number of hydrogen-bond donors (Lipinski definition) is 0. The Hall–Kier alpha value is -0.610. The minimum atomic E-state index is -0.108. The molecule has 0 aliphatic heterocycles. The molecule has 4 nitrogen and oxygen atoms in total. The van der Waals surface area contributed by atoms with E-state index in [1.807, 2.05) is 0 Å². The van der Waals surface area contributed by atoms with Crippen molar-refractivity contribution >= 4 is 5.97 Å². The number of methoxy groups -OCH3 is 1. The molecule has 0 rings (SSSR count). The Morgan fingerprint density at radius 1 is 0.842 bits per heavy atom. The molecular formula is C15H30O4. The van der Waals surface area contributed by atoms with Crippen molar-refractivity contribution in [3.05, 3.63) is 0 Å². The summed E-state index contributed by atoms with van der Waals surface area (Å²) in [5, 5.41) is 0. The summed E-state index contributed by atoms with van der Waals surface area (Å²) in [6.07, 6.45) is 8.43. The van der Waals surface area contributed by atoms with Crippen LogP contribution in [0.5, 0.6) is 0 Å². The van der Waals surface area contributed by atoms with Gasteiger partial charge in [-0.2, -0.15) is 0 Å². The van der Waals surface area contributed by atoms with E-state index in [1.165, 1.54) is 25.7 Å². The second-order valence-electron chi connectivity index (χ2n) is 4.70. The summed E-state index contributed by atoms with van der Waals surface area (Å²) in [5.74, 6) is -0.108. The molecule has 0 fully saturated rings. The summed E-state index contributed by atoms with van der Waals surface area (Å²) in [7, 11) is 1.64. The second kappa shape index (κ2) is 15.4. The maximum Gasteiger partial charge on any atom is 0.305 e. The van der Waals surface area contributed by atoms with Crippen molar-refractivity contribution in [3.8, 4) is 0 Å². The van der Waals surface area contributed by atoms with Crippen LogP contribution in [0.4, 0.5) is 0 Å². The molecule has 0 aliphatic rings. The molecule has 0 N–H and O–H groups in total. The number of unbranched alkanes of at least 4 members (excludes halogenated alkanes) is 5. The van der Waals surface area contributed by atoms with Gasteiger partial charge in [-0.15, -0.1) is 0 Å². The highest BCUT2D eigenvalue weighted by molar-refractivity contribution is 5.69. The van der Waals surface area contributed by atoms with Gasteiger partial charge in [0.05, 0.1) is 19.8 Å². The number of carbonyl (C=O) groups is 1. The lowest BCUT2D eigenvalue weighted by atomic mass is 10.1. The van der Waals surface area contributed by atoms with E-state index < -0.39 is 0 Å². The maximum atomic E-state index is 11.4. The Morgan fingerprint density at radius 2 is 1.58 bits per heavy atom. The highest BCUT2D eigenvalue weighted by Crippen LogP contribution is 2.05. The molecule has 0 spiro atoms. The molecule has 0 amide bonds. The van der Waals surface area contributed by atoms with Crippen LogP contribution in [-0.4, -0.2) is 39.5 Å². The first-order valence-corrected chi connectivity index (χ1v) is 7.53. The summed E-state index contributed by atoms with van der Waals surface area (Å²) >= 11 is 0. The van der Waals surface area contributed by atoms with Gasteiger partial charge >= 0.3 is 5.97 Å². The van der Waals surface area contributed by atoms with Gasteiger partial charge in [-0.25, -0.2) is 0 Å². The number of carbonyl (C=O) groups excluding carboxylic acids is 1. The quantitative estimate of drug-likeness (QED) is 0.360. The van der Waals surface area contributed by atoms with Crippen LogP contribution in [0.15, 0.2) is 0 Å². The number of rotatable bonds is 14. The SMILES string of the molecule is CCCCCCCCOC(=O)CCCOCCOC. The van der Waals surface area contributed by atoms with Gasteiger partial charge in [0.1, 0.15) is 0 Å². The molecule has 0 unspecified atom stereocenters. The highest BCUT2D eigenvalue weighted by Gasteiger charge is 2.02. The Morgan fingerprint density at radius 3 is 2.32 bits per heavy atom. The lowest BCUT2D eigenvalue weighted by Crippen LogP contribution is -2.08. The molecule has 0 radical (unpaired) electrons. The van der Waals surface area contributed by atoms with E-state index in [4.69, 9.17) is 14.2 Å². The fourth-order valence-electron chi connectivity index (χ4n) is 1.70. The zero-order valence-corrected chi connectivity index (χ0v) is 12.6. The molecule has 0 saturated heterocycles. The van der Waals surface area contributed by atoms with E-state index in [-0.39, 0.29) is 5.97 Å². The van der Waals surface area contributed by atoms with Crippen molar-refractivity contribution in [2.75, 3.05) is 33.5 Å². The van der Waals surface area contributed by atoms with E-state index in [0.717, 1.165) is 19.3 Å². The topological polar surface area (TPSA) is 44.8 Å². The fourth-order valence-corrected chi connectivity index (χ4v) is 1.70. The van der Waals surface area contributed by atoms with Crippen LogP contribution in [0.25, 0.3) is 0 Å². The van der Waals surface area contributed by atoms with Crippen LogP contribution in [0.3, 0.4) is 0 Å². The lowest BCUT2D eigenvalue weighted by molar-refractivity contribution is -0.144. The van der Waals surface area contributed by atoms with E-state index >= 15 is 0 Å². The summed E-state index contributed by atoms with van der Waals surface area (Å²) in [6, 6.07) is 0. The normalized spacial score (nSPS) is 10.6. The number of esters is 1. The third-order valence-electron chi connectivity index (χ3n) is 2.86. The molecule has 0 bridgehead atoms. The van der Waals surface area contributed by atoms with Gasteiger partial charge in [-0.3, -0.25) is 4.79 Å². The molecule has 0 saturated carbocycles. The summed E-state index contributed by atoms with van der Waals surface area (Å²) in [6.45, 7) is 4.55. The average molecular weight is 274 g/mol. The lowest BCUT2D eigenvalue weighted by Gasteiger charge is -2.05. The zero-order chi connectivity index (χ0) is 14.2. The summed E-state index contributed by atoms with van der Waals surface area (Å²) in [4.78, 5) is 11.4. The maximum absolute atomic E-state index is 11.4. The molecule has 0 aliphatic carbocycles. The van der Waals surface area contributed by atoms with Crippen LogP contribution in [0.2, 0.25) is 0 Å². The minimum Gasteiger partial charge on any atom is -0.466 e. The molecule has 0 aromatic rings. The molecule has 0 atom stereocenters. The van der Waals surface area contributed by atoms with E-state index in [1.54, 1.807) is 7.11 Å². The molecule has 0 aromatic carbocycles. The van der Waals surface area contributed by atoms with Crippen molar-refractivity contribution in [3.63, 3.8) is 0 Å². The van der Waals surface area contributed by atoms with Gasteiger partial charge in [-0.05, 0) is 12.8 Å². The number of hydrogen-bond acceptors (Lipinski definition) is 4. The number of ether oxygens (including phenoxy) is 3. The largest absolute Gasteiger partial charge is 0.466 e. The Bertz CT molecular complexity index is 195. The molecule has 4 heteroatoms. The van der Waals surface area contributed by atoms with Crippen molar-refractivity contribution in [1.82, 2.24) is 0 Å². The molecular weight excluding hydrogens is 244 g/mol. The minimum absolute atomic E-state index is 0.108. The molecule has 19 heavy (non-hydrogen) atoms. The first kappa shape index (κ1) is 18.4. The highest BCUT2D eigenvalue weighted by atomic mass is 16.5. The Labute approximate surface area is 117 Å². The van der Waals surface area contributed by atoms with Crippen LogP contribution < -0.4 is 0 Å². The second-order valence-corrected chi connectivity index (χ2v) is 4.70. The first-order chi connectivity index (χ1) is 9.31. The van der Waals surface area contributed by atoms with E-state index in [9.17, 15) is 4.79 Å². The Balaban J connectivity index is 3.13. The molecule has 114 valence electrons. The van der Waals surface area contributed by atoms with Crippen molar-refractivity contribution in [1.29, 1.82) is 0 Å². The molecule has 0 heterocycles. The van der Waals surface area contributed by atoms with Crippen molar-refractivity contribution in [2.45, 2.75) is 58.3 Å². The van der Waals surface area contributed by atoms with Gasteiger partial charge < -0.3 is 14.2 Å². The standard InChI is InChI=1S/C15H30O4/c1-3-4-5-6-7-8-12-19-15(16)10-9-11-18-14-13-17-2/h3-14H2,1-2H3. The van der Waals surface area contributed by atoms with Crippen LogP contribution >= 0.6 is 0 Å². The van der Waals surface area contributed by atoms with Crippen LogP contribution in [0, 0.1) is 0 Å².